The highest BCUT2D eigenvalue weighted by Crippen LogP contribution is 2.19. The summed E-state index contributed by atoms with van der Waals surface area (Å²) in [5.41, 5.74) is 2.68. The van der Waals surface area contributed by atoms with Crippen LogP contribution in [0.2, 0.25) is 0 Å². The maximum atomic E-state index is 12.4. The monoisotopic (exact) mass is 343 g/mol. The van der Waals surface area contributed by atoms with Crippen molar-refractivity contribution < 1.29 is 14.3 Å². The number of ether oxygens (including phenoxy) is 2. The summed E-state index contributed by atoms with van der Waals surface area (Å²) < 4.78 is 13.1. The Morgan fingerprint density at radius 3 is 2.80 bits per heavy atom. The summed E-state index contributed by atoms with van der Waals surface area (Å²) in [6, 6.07) is 7.11. The van der Waals surface area contributed by atoms with Crippen molar-refractivity contribution in [3.8, 4) is 5.75 Å². The first-order valence-corrected chi connectivity index (χ1v) is 8.68. The quantitative estimate of drug-likeness (QED) is 0.876. The van der Waals surface area contributed by atoms with Gasteiger partial charge in [0.05, 0.1) is 18.3 Å². The Kier molecular flexibility index (Phi) is 5.38. The minimum absolute atomic E-state index is 0.100. The van der Waals surface area contributed by atoms with Gasteiger partial charge in [-0.1, -0.05) is 0 Å². The molecule has 1 N–H and O–H groups in total. The third-order valence-electron chi connectivity index (χ3n) is 4.66. The first-order valence-electron chi connectivity index (χ1n) is 8.68. The van der Waals surface area contributed by atoms with Crippen molar-refractivity contribution in [2.24, 2.45) is 7.05 Å². The molecule has 1 saturated heterocycles. The normalized spacial score (nSPS) is 18.1. The molecule has 2 aromatic rings. The molecule has 0 spiro atoms. The largest absolute Gasteiger partial charge is 0.491 e. The van der Waals surface area contributed by atoms with Crippen molar-refractivity contribution in [1.82, 2.24) is 15.1 Å². The van der Waals surface area contributed by atoms with E-state index in [2.05, 4.69) is 10.4 Å². The van der Waals surface area contributed by atoms with Crippen LogP contribution in [0.25, 0.3) is 0 Å². The highest BCUT2D eigenvalue weighted by atomic mass is 16.5. The van der Waals surface area contributed by atoms with Crippen LogP contribution in [-0.4, -0.2) is 35.0 Å². The van der Waals surface area contributed by atoms with E-state index >= 15 is 0 Å². The van der Waals surface area contributed by atoms with Crippen LogP contribution >= 0.6 is 0 Å². The molecule has 1 aliphatic heterocycles. The minimum Gasteiger partial charge on any atom is -0.491 e. The van der Waals surface area contributed by atoms with Crippen molar-refractivity contribution in [2.75, 3.05) is 13.2 Å². The van der Waals surface area contributed by atoms with E-state index in [1.54, 1.807) is 23.0 Å². The number of nitrogens with zero attached hydrogens (tertiary/aromatic N) is 2. The second-order valence-electron chi connectivity index (χ2n) is 6.47. The van der Waals surface area contributed by atoms with Crippen LogP contribution in [0.1, 0.15) is 47.4 Å². The highest BCUT2D eigenvalue weighted by Gasteiger charge is 2.17. The maximum absolute atomic E-state index is 12.4. The molecule has 0 aliphatic carbocycles. The molecule has 6 nitrogen and oxygen atoms in total. The zero-order valence-corrected chi connectivity index (χ0v) is 15.0. The van der Waals surface area contributed by atoms with Gasteiger partial charge in [0.1, 0.15) is 12.4 Å². The lowest BCUT2D eigenvalue weighted by Gasteiger charge is -2.14. The molecule has 1 aromatic heterocycles. The van der Waals surface area contributed by atoms with Gasteiger partial charge in [-0.2, -0.15) is 5.10 Å². The molecule has 0 saturated carbocycles. The summed E-state index contributed by atoms with van der Waals surface area (Å²) in [6.45, 7) is 5.33. The number of carbonyl (C=O) groups excluding carboxylic acids is 1. The molecule has 25 heavy (non-hydrogen) atoms. The summed E-state index contributed by atoms with van der Waals surface area (Å²) in [5, 5.41) is 7.23. The van der Waals surface area contributed by atoms with Gasteiger partial charge in [0.25, 0.3) is 5.91 Å². The first kappa shape index (κ1) is 17.5. The number of carbonyl (C=O) groups is 1. The van der Waals surface area contributed by atoms with E-state index in [9.17, 15) is 4.79 Å². The van der Waals surface area contributed by atoms with E-state index in [0.717, 1.165) is 36.5 Å². The Labute approximate surface area is 148 Å². The molecule has 0 unspecified atom stereocenters. The topological polar surface area (TPSA) is 65.4 Å². The van der Waals surface area contributed by atoms with Crippen LogP contribution < -0.4 is 10.1 Å². The molecular weight excluding hydrogens is 318 g/mol. The third-order valence-corrected chi connectivity index (χ3v) is 4.66. The van der Waals surface area contributed by atoms with Gasteiger partial charge in [0.2, 0.25) is 0 Å². The SMILES string of the molecule is Cc1c([C@H](C)NC(=O)c2ccc(OC[C@H]3CCCO3)cc2)cnn1C. The van der Waals surface area contributed by atoms with Crippen molar-refractivity contribution in [3.63, 3.8) is 0 Å². The lowest BCUT2D eigenvalue weighted by atomic mass is 10.1. The van der Waals surface area contributed by atoms with E-state index in [4.69, 9.17) is 9.47 Å². The van der Waals surface area contributed by atoms with Gasteiger partial charge in [0, 0.05) is 30.5 Å². The van der Waals surface area contributed by atoms with E-state index < -0.39 is 0 Å². The van der Waals surface area contributed by atoms with Gasteiger partial charge < -0.3 is 14.8 Å². The third kappa shape index (κ3) is 4.20. The van der Waals surface area contributed by atoms with Gasteiger partial charge in [-0.3, -0.25) is 9.48 Å². The van der Waals surface area contributed by atoms with Crippen LogP contribution in [0, 0.1) is 6.92 Å². The van der Waals surface area contributed by atoms with Crippen molar-refractivity contribution in [3.05, 3.63) is 47.3 Å². The summed E-state index contributed by atoms with van der Waals surface area (Å²) >= 11 is 0. The van der Waals surface area contributed by atoms with Crippen molar-refractivity contribution in [1.29, 1.82) is 0 Å². The summed E-state index contributed by atoms with van der Waals surface area (Å²) in [6.07, 6.45) is 4.13. The van der Waals surface area contributed by atoms with Crippen LogP contribution in [0.5, 0.6) is 5.75 Å². The van der Waals surface area contributed by atoms with Gasteiger partial charge in [0.15, 0.2) is 0 Å². The molecule has 6 heteroatoms. The fourth-order valence-corrected chi connectivity index (χ4v) is 2.97. The van der Waals surface area contributed by atoms with Crippen LogP contribution in [0.15, 0.2) is 30.5 Å². The average Bonchev–Trinajstić information content (AvgIpc) is 3.24. The predicted octanol–water partition coefficient (Wildman–Crippen LogP) is 2.78. The number of aromatic nitrogens is 2. The molecule has 0 radical (unpaired) electrons. The van der Waals surface area contributed by atoms with Crippen LogP contribution in [-0.2, 0) is 11.8 Å². The first-order chi connectivity index (χ1) is 12.0. The van der Waals surface area contributed by atoms with Crippen LogP contribution in [0.3, 0.4) is 0 Å². The Morgan fingerprint density at radius 2 is 2.20 bits per heavy atom. The molecule has 1 aliphatic rings. The number of nitrogens with one attached hydrogen (secondary N) is 1. The summed E-state index contributed by atoms with van der Waals surface area (Å²) in [4.78, 5) is 12.4. The molecule has 1 aromatic carbocycles. The zero-order chi connectivity index (χ0) is 17.8. The van der Waals surface area contributed by atoms with Crippen molar-refractivity contribution >= 4 is 5.91 Å². The molecule has 1 fully saturated rings. The number of aryl methyl sites for hydroxylation is 1. The number of benzene rings is 1. The Balaban J connectivity index is 1.55. The molecule has 2 heterocycles. The number of hydrogen-bond donors (Lipinski definition) is 1. The fourth-order valence-electron chi connectivity index (χ4n) is 2.97. The number of hydrogen-bond acceptors (Lipinski definition) is 4. The highest BCUT2D eigenvalue weighted by molar-refractivity contribution is 5.94. The lowest BCUT2D eigenvalue weighted by molar-refractivity contribution is 0.0679. The standard InChI is InChI=1S/C19H25N3O3/c1-13(18-11-20-22(3)14(18)2)21-19(23)15-6-8-16(9-7-15)25-12-17-5-4-10-24-17/h6-9,11,13,17H,4-5,10,12H2,1-3H3,(H,21,23)/t13-,17+/m0/s1. The molecule has 1 amide bonds. The summed E-state index contributed by atoms with van der Waals surface area (Å²) in [7, 11) is 1.89. The van der Waals surface area contributed by atoms with E-state index in [1.807, 2.05) is 33.0 Å². The zero-order valence-electron chi connectivity index (χ0n) is 15.0. The van der Waals surface area contributed by atoms with Gasteiger partial charge in [-0.05, 0) is 51.0 Å². The fraction of sp³-hybridized carbons (Fsp3) is 0.474. The van der Waals surface area contributed by atoms with Gasteiger partial charge >= 0.3 is 0 Å². The molecule has 3 rings (SSSR count). The Morgan fingerprint density at radius 1 is 1.44 bits per heavy atom. The number of amides is 1. The summed E-state index contributed by atoms with van der Waals surface area (Å²) in [5.74, 6) is 0.643. The van der Waals surface area contributed by atoms with E-state index in [0.29, 0.717) is 12.2 Å². The average molecular weight is 343 g/mol. The predicted molar refractivity (Wildman–Crippen MR) is 94.7 cm³/mol. The van der Waals surface area contributed by atoms with Crippen LogP contribution in [0.4, 0.5) is 0 Å². The molecule has 0 bridgehead atoms. The van der Waals surface area contributed by atoms with Crippen molar-refractivity contribution in [2.45, 2.75) is 38.8 Å². The van der Waals surface area contributed by atoms with E-state index in [1.165, 1.54) is 0 Å². The Bertz CT molecular complexity index is 718. The lowest BCUT2D eigenvalue weighted by Crippen LogP contribution is -2.26. The minimum atomic E-state index is -0.110. The van der Waals surface area contributed by atoms with E-state index in [-0.39, 0.29) is 18.1 Å². The molecular formula is C19H25N3O3. The maximum Gasteiger partial charge on any atom is 0.251 e. The van der Waals surface area contributed by atoms with Gasteiger partial charge in [-0.25, -0.2) is 0 Å². The molecule has 2 atom stereocenters. The molecule has 134 valence electrons. The Hall–Kier alpha value is -2.34. The number of rotatable bonds is 6. The van der Waals surface area contributed by atoms with Gasteiger partial charge in [-0.15, -0.1) is 0 Å². The second kappa shape index (κ2) is 7.70. The second-order valence-corrected chi connectivity index (χ2v) is 6.47. The smallest absolute Gasteiger partial charge is 0.251 e.